The molecule has 0 saturated heterocycles. The Morgan fingerprint density at radius 3 is 1.50 bits per heavy atom. The van der Waals surface area contributed by atoms with Gasteiger partial charge >= 0.3 is 35.8 Å². The van der Waals surface area contributed by atoms with Crippen LogP contribution in [0.4, 0.5) is 52.7 Å². The Bertz CT molecular complexity index is 554. The number of rotatable bonds is 7. The van der Waals surface area contributed by atoms with Crippen molar-refractivity contribution in [2.45, 2.75) is 48.0 Å². The molecule has 0 spiro atoms. The first kappa shape index (κ1) is 24.7. The molecular formula is C11H7ClF12O2. The molecule has 0 aliphatic rings. The van der Waals surface area contributed by atoms with Gasteiger partial charge in [-0.25, -0.2) is 9.18 Å². The van der Waals surface area contributed by atoms with Crippen molar-refractivity contribution in [1.82, 2.24) is 0 Å². The van der Waals surface area contributed by atoms with Gasteiger partial charge in [0.2, 0.25) is 0 Å². The fourth-order valence-electron chi connectivity index (χ4n) is 1.33. The normalized spacial score (nSPS) is 18.1. The number of alkyl halides is 13. The second-order valence-electron chi connectivity index (χ2n) is 4.70. The maximum absolute atomic E-state index is 13.8. The van der Waals surface area contributed by atoms with E-state index in [4.69, 9.17) is 0 Å². The highest BCUT2D eigenvalue weighted by Crippen LogP contribution is 2.61. The van der Waals surface area contributed by atoms with Gasteiger partial charge in [-0.1, -0.05) is 18.2 Å². The molecule has 2 nitrogen and oxygen atoms in total. The van der Waals surface area contributed by atoms with Crippen LogP contribution in [0.25, 0.3) is 0 Å². The van der Waals surface area contributed by atoms with Crippen LogP contribution < -0.4 is 0 Å². The molecule has 0 aliphatic heterocycles. The minimum atomic E-state index is -7.84. The quantitative estimate of drug-likeness (QED) is 0.241. The highest BCUT2D eigenvalue weighted by Gasteiger charge is 2.90. The predicted molar refractivity (Wildman–Crippen MR) is 61.3 cm³/mol. The van der Waals surface area contributed by atoms with Crippen LogP contribution in [0.1, 0.15) is 6.92 Å². The lowest BCUT2D eigenvalue weighted by molar-refractivity contribution is -0.430. The zero-order valence-electron chi connectivity index (χ0n) is 12.1. The van der Waals surface area contributed by atoms with Gasteiger partial charge in [-0.3, -0.25) is 0 Å². The summed E-state index contributed by atoms with van der Waals surface area (Å²) in [5, 5.41) is -5.51. The number of ether oxygens (including phenoxy) is 1. The molecule has 0 fully saturated rings. The maximum Gasteiger partial charge on any atom is 0.460 e. The third kappa shape index (κ3) is 3.43. The van der Waals surface area contributed by atoms with Gasteiger partial charge in [0.1, 0.15) is 0 Å². The Morgan fingerprint density at radius 2 is 1.19 bits per heavy atom. The molecule has 2 atom stereocenters. The number of esters is 1. The summed E-state index contributed by atoms with van der Waals surface area (Å²) in [6, 6.07) is 0. The molecule has 0 radical (unpaired) electrons. The first-order valence-corrected chi connectivity index (χ1v) is 6.29. The zero-order chi connectivity index (χ0) is 21.6. The highest BCUT2D eigenvalue weighted by molar-refractivity contribution is 6.24. The summed E-state index contributed by atoms with van der Waals surface area (Å²) < 4.78 is 158. The van der Waals surface area contributed by atoms with Gasteiger partial charge < -0.3 is 4.74 Å². The average molecular weight is 435 g/mol. The fourth-order valence-corrected chi connectivity index (χ4v) is 1.50. The van der Waals surface area contributed by atoms with Crippen molar-refractivity contribution in [3.05, 3.63) is 12.7 Å². The van der Waals surface area contributed by atoms with Crippen molar-refractivity contribution in [1.29, 1.82) is 0 Å². The van der Waals surface area contributed by atoms with E-state index in [2.05, 4.69) is 22.9 Å². The van der Waals surface area contributed by atoms with E-state index in [1.54, 1.807) is 0 Å². The topological polar surface area (TPSA) is 26.3 Å². The molecule has 0 rings (SSSR count). The molecule has 2 unspecified atom stereocenters. The smallest absolute Gasteiger partial charge is 0.454 e. The number of carbonyl (C=O) groups excluding carboxylic acids is 1. The Hall–Kier alpha value is -1.34. The largest absolute Gasteiger partial charge is 0.460 e. The summed E-state index contributed by atoms with van der Waals surface area (Å²) in [5.41, 5.74) is 0. The summed E-state index contributed by atoms with van der Waals surface area (Å²) in [7, 11) is 0. The molecule has 0 aromatic rings. The van der Waals surface area contributed by atoms with Crippen molar-refractivity contribution in [2.24, 2.45) is 0 Å². The van der Waals surface area contributed by atoms with Crippen LogP contribution in [-0.2, 0) is 9.53 Å². The van der Waals surface area contributed by atoms with Crippen LogP contribution in [0.3, 0.4) is 0 Å². The van der Waals surface area contributed by atoms with Crippen LogP contribution in [0.5, 0.6) is 0 Å². The van der Waals surface area contributed by atoms with E-state index in [0.717, 1.165) is 0 Å². The van der Waals surface area contributed by atoms with Crippen molar-refractivity contribution in [3.8, 4) is 0 Å². The third-order valence-electron chi connectivity index (χ3n) is 2.93. The van der Waals surface area contributed by atoms with Gasteiger partial charge in [-0.2, -0.15) is 48.3 Å². The fraction of sp³-hybridized carbons (Fsp3) is 0.727. The lowest BCUT2D eigenvalue weighted by Crippen LogP contribution is -2.71. The second-order valence-corrected chi connectivity index (χ2v) is 5.25. The number of hydrogen-bond acceptors (Lipinski definition) is 2. The van der Waals surface area contributed by atoms with Crippen LogP contribution in [0, 0.1) is 0 Å². The molecule has 0 amide bonds. The van der Waals surface area contributed by atoms with Gasteiger partial charge in [0.05, 0.1) is 0 Å². The van der Waals surface area contributed by atoms with Gasteiger partial charge in [-0.15, -0.1) is 0 Å². The molecule has 154 valence electrons. The minimum Gasteiger partial charge on any atom is -0.454 e. The van der Waals surface area contributed by atoms with Crippen LogP contribution in [0.15, 0.2) is 12.7 Å². The molecular weight excluding hydrogens is 428 g/mol. The van der Waals surface area contributed by atoms with Gasteiger partial charge in [-0.05, 0) is 6.92 Å². The standard InChI is InChI=1S/C11H7ClF12O2/c1-3-5(25)26-4(2)6(12,13)7(14,15)8(16,17)9(18,19)10(20,21)11(22,23)24/h3-4H,1H2,2H3. The predicted octanol–water partition coefficient (Wildman–Crippen LogP) is 5.11. The Labute approximate surface area is 141 Å². The van der Waals surface area contributed by atoms with Crippen LogP contribution >= 0.6 is 11.6 Å². The number of halogens is 13. The zero-order valence-corrected chi connectivity index (χ0v) is 12.8. The molecule has 26 heavy (non-hydrogen) atoms. The summed E-state index contributed by atoms with van der Waals surface area (Å²) in [6.07, 6.45) is -10.4. The average Bonchev–Trinajstić information content (AvgIpc) is 2.44. The van der Waals surface area contributed by atoms with Crippen LogP contribution in [0.2, 0.25) is 0 Å². The SMILES string of the molecule is C=CC(=O)OC(C)C(F)(Cl)C(F)(F)C(F)(F)C(F)(F)C(F)(F)C(F)(F)F. The van der Waals surface area contributed by atoms with Crippen molar-refractivity contribution < 1.29 is 62.2 Å². The molecule has 0 saturated carbocycles. The van der Waals surface area contributed by atoms with Gasteiger partial charge in [0.15, 0.2) is 6.10 Å². The van der Waals surface area contributed by atoms with Crippen molar-refractivity contribution >= 4 is 17.6 Å². The number of hydrogen-bond donors (Lipinski definition) is 0. The summed E-state index contributed by atoms with van der Waals surface area (Å²) in [4.78, 5) is 10.7. The van der Waals surface area contributed by atoms with E-state index in [1.165, 1.54) is 0 Å². The van der Waals surface area contributed by atoms with E-state index in [9.17, 15) is 57.5 Å². The molecule has 0 bridgehead atoms. The van der Waals surface area contributed by atoms with Gasteiger partial charge in [0, 0.05) is 6.08 Å². The maximum atomic E-state index is 13.8. The monoisotopic (exact) mass is 434 g/mol. The van der Waals surface area contributed by atoms with Crippen LogP contribution in [-0.4, -0.2) is 47.1 Å². The van der Waals surface area contributed by atoms with Crippen molar-refractivity contribution in [3.63, 3.8) is 0 Å². The molecule has 0 aliphatic carbocycles. The molecule has 0 aromatic carbocycles. The van der Waals surface area contributed by atoms with Crippen molar-refractivity contribution in [2.75, 3.05) is 0 Å². The molecule has 0 aromatic heterocycles. The summed E-state index contributed by atoms with van der Waals surface area (Å²) in [5.74, 6) is -32.0. The second kappa shape index (κ2) is 6.68. The highest BCUT2D eigenvalue weighted by atomic mass is 35.5. The minimum absolute atomic E-state index is 0.0262. The Balaban J connectivity index is 6.23. The van der Waals surface area contributed by atoms with E-state index in [0.29, 0.717) is 0 Å². The first-order chi connectivity index (χ1) is 11.1. The van der Waals surface area contributed by atoms with E-state index >= 15 is 0 Å². The molecule has 15 heteroatoms. The Morgan fingerprint density at radius 1 is 0.846 bits per heavy atom. The summed E-state index contributed by atoms with van der Waals surface area (Å²) >= 11 is 4.37. The van der Waals surface area contributed by atoms with E-state index < -0.39 is 47.1 Å². The molecule has 0 N–H and O–H groups in total. The summed E-state index contributed by atoms with van der Waals surface area (Å²) in [6.45, 7) is 2.71. The lowest BCUT2D eigenvalue weighted by atomic mass is 9.93. The third-order valence-corrected chi connectivity index (χ3v) is 3.47. The number of carbonyl (C=O) groups is 1. The van der Waals surface area contributed by atoms with E-state index in [-0.39, 0.29) is 13.0 Å². The van der Waals surface area contributed by atoms with E-state index in [1.807, 2.05) is 0 Å². The lowest BCUT2D eigenvalue weighted by Gasteiger charge is -2.41. The molecule has 0 heterocycles. The first-order valence-electron chi connectivity index (χ1n) is 5.91. The van der Waals surface area contributed by atoms with Gasteiger partial charge in [0.25, 0.3) is 5.13 Å². The Kier molecular flexibility index (Phi) is 6.33.